The molecule has 0 saturated carbocycles. The average molecular weight is 440 g/mol. The third kappa shape index (κ3) is 4.71. The predicted molar refractivity (Wildman–Crippen MR) is 122 cm³/mol. The minimum Gasteiger partial charge on any atom is -0.423 e. The number of halogens is 1. The Kier molecular flexibility index (Phi) is 6.76. The van der Waals surface area contributed by atoms with Gasteiger partial charge < -0.3 is 9.68 Å². The van der Waals surface area contributed by atoms with Crippen molar-refractivity contribution in [3.63, 3.8) is 0 Å². The first-order chi connectivity index (χ1) is 14.9. The van der Waals surface area contributed by atoms with Gasteiger partial charge in [-0.15, -0.1) is 0 Å². The van der Waals surface area contributed by atoms with Crippen molar-refractivity contribution in [2.24, 2.45) is 5.41 Å². The van der Waals surface area contributed by atoms with Crippen molar-refractivity contribution in [3.05, 3.63) is 64.0 Å². The third-order valence-electron chi connectivity index (χ3n) is 5.78. The van der Waals surface area contributed by atoms with Crippen molar-refractivity contribution in [1.82, 2.24) is 10.4 Å². The second kappa shape index (κ2) is 9.04. The molecule has 2 N–H and O–H groups in total. The number of fused-ring (bicyclic) bond motifs is 1. The number of carbonyl (C=O) groups excluding carboxylic acids is 2. The van der Waals surface area contributed by atoms with Gasteiger partial charge in [-0.2, -0.15) is 0 Å². The summed E-state index contributed by atoms with van der Waals surface area (Å²) in [6, 6.07) is 7.97. The first-order valence-electron chi connectivity index (χ1n) is 10.8. The maximum absolute atomic E-state index is 15.0. The molecule has 2 amide bonds. The zero-order valence-electron chi connectivity index (χ0n) is 19.5. The lowest BCUT2D eigenvalue weighted by Gasteiger charge is -2.39. The number of hydrogen-bond acceptors (Lipinski definition) is 4. The zero-order valence-corrected chi connectivity index (χ0v) is 19.5. The fraction of sp³-hybridized carbons (Fsp3) is 0.417. The highest BCUT2D eigenvalue weighted by Gasteiger charge is 2.36. The summed E-state index contributed by atoms with van der Waals surface area (Å²) in [6.45, 7) is 11.6. The molecule has 0 unspecified atom stereocenters. The van der Waals surface area contributed by atoms with E-state index in [4.69, 9.17) is 4.65 Å². The zero-order chi connectivity index (χ0) is 23.8. The maximum atomic E-state index is 15.0. The molecule has 0 fully saturated rings. The number of aryl methyl sites for hydroxylation is 2. The lowest BCUT2D eigenvalue weighted by molar-refractivity contribution is 0.0283. The Morgan fingerprint density at radius 3 is 2.41 bits per heavy atom. The van der Waals surface area contributed by atoms with Gasteiger partial charge in [0, 0.05) is 11.1 Å². The Balaban J connectivity index is 1.99. The van der Waals surface area contributed by atoms with Crippen LogP contribution in [0.25, 0.3) is 0 Å². The molecule has 0 spiro atoms. The molecule has 0 saturated heterocycles. The van der Waals surface area contributed by atoms with Gasteiger partial charge in [-0.25, -0.2) is 9.40 Å². The minimum atomic E-state index is -1.20. The van der Waals surface area contributed by atoms with E-state index < -0.39 is 18.8 Å². The molecule has 0 aromatic heterocycles. The molecule has 0 bridgehead atoms. The molecule has 2 aromatic rings. The number of nitrogens with zero attached hydrogens (tertiary/aromatic N) is 1. The lowest BCUT2D eigenvalue weighted by atomic mass is 9.79. The molecule has 3 rings (SSSR count). The van der Waals surface area contributed by atoms with E-state index in [-0.39, 0.29) is 35.1 Å². The molecule has 1 heterocycles. The number of benzene rings is 2. The molecule has 0 aliphatic carbocycles. The van der Waals surface area contributed by atoms with Crippen LogP contribution in [0.15, 0.2) is 30.3 Å². The van der Waals surface area contributed by atoms with Crippen molar-refractivity contribution in [1.29, 1.82) is 0 Å². The van der Waals surface area contributed by atoms with E-state index >= 15 is 4.39 Å². The second-order valence-electron chi connectivity index (χ2n) is 9.44. The van der Waals surface area contributed by atoms with Crippen LogP contribution >= 0.6 is 0 Å². The number of hydrogen-bond donors (Lipinski definition) is 2. The van der Waals surface area contributed by atoms with Crippen LogP contribution in [0.4, 0.5) is 4.39 Å². The van der Waals surface area contributed by atoms with E-state index in [1.807, 2.05) is 47.6 Å². The average Bonchev–Trinajstić information content (AvgIpc) is 3.07. The summed E-state index contributed by atoms with van der Waals surface area (Å²) in [6.07, 6.45) is 0.590. The lowest BCUT2D eigenvalue weighted by Crippen LogP contribution is -2.56. The van der Waals surface area contributed by atoms with Crippen LogP contribution in [0, 0.1) is 25.1 Å². The van der Waals surface area contributed by atoms with Crippen LogP contribution in [-0.2, 0) is 11.3 Å². The van der Waals surface area contributed by atoms with E-state index in [9.17, 15) is 14.6 Å². The largest absolute Gasteiger partial charge is 0.491 e. The van der Waals surface area contributed by atoms with Gasteiger partial charge in [0.2, 0.25) is 0 Å². The molecule has 2 aromatic carbocycles. The standard InChI is InChI=1S/C24H30BFN2O4/c1-7-20(24(4,5)6)28(23(30)16-11-14(2)10-15(3)12-16)27-22(29)17-8-9-19-18(21(17)26)13-32-25(19)31/h8-12,20,31H,7,13H2,1-6H3,(H,27,29)/t20-/m1/s1. The summed E-state index contributed by atoms with van der Waals surface area (Å²) in [5, 5.41) is 11.1. The molecule has 8 heteroatoms. The van der Waals surface area contributed by atoms with Crippen molar-refractivity contribution >= 4 is 24.4 Å². The molecule has 0 radical (unpaired) electrons. The molecule has 170 valence electrons. The summed E-state index contributed by atoms with van der Waals surface area (Å²) in [7, 11) is -1.20. The van der Waals surface area contributed by atoms with Crippen LogP contribution in [0.3, 0.4) is 0 Å². The molecule has 32 heavy (non-hydrogen) atoms. The number of carbonyl (C=O) groups is 2. The SMILES string of the molecule is CC[C@@H](N(NC(=O)c1ccc2c(c1F)COB2O)C(=O)c1cc(C)cc(C)c1)C(C)(C)C. The topological polar surface area (TPSA) is 78.9 Å². The van der Waals surface area contributed by atoms with Gasteiger partial charge in [-0.3, -0.25) is 15.0 Å². The predicted octanol–water partition coefficient (Wildman–Crippen LogP) is 3.27. The smallest absolute Gasteiger partial charge is 0.423 e. The van der Waals surface area contributed by atoms with Crippen molar-refractivity contribution in [2.45, 2.75) is 60.6 Å². The summed E-state index contributed by atoms with van der Waals surface area (Å²) in [5.74, 6) is -1.83. The quantitative estimate of drug-likeness (QED) is 0.565. The highest BCUT2D eigenvalue weighted by atomic mass is 19.1. The maximum Gasteiger partial charge on any atom is 0.491 e. The van der Waals surface area contributed by atoms with E-state index in [0.29, 0.717) is 17.4 Å². The Morgan fingerprint density at radius 2 is 1.84 bits per heavy atom. The molecular formula is C24H30BFN2O4. The van der Waals surface area contributed by atoms with E-state index in [1.54, 1.807) is 12.1 Å². The van der Waals surface area contributed by atoms with Crippen molar-refractivity contribution in [3.8, 4) is 0 Å². The van der Waals surface area contributed by atoms with Crippen LogP contribution < -0.4 is 10.9 Å². The minimum absolute atomic E-state index is 0.117. The van der Waals surface area contributed by atoms with E-state index in [2.05, 4.69) is 5.43 Å². The van der Waals surface area contributed by atoms with Gasteiger partial charge in [0.25, 0.3) is 11.8 Å². The Labute approximate surface area is 188 Å². The normalized spacial score (nSPS) is 14.2. The highest BCUT2D eigenvalue weighted by Crippen LogP contribution is 2.28. The van der Waals surface area contributed by atoms with Gasteiger partial charge in [0.1, 0.15) is 5.82 Å². The van der Waals surface area contributed by atoms with Gasteiger partial charge >= 0.3 is 7.12 Å². The van der Waals surface area contributed by atoms with Crippen LogP contribution in [0.5, 0.6) is 0 Å². The highest BCUT2D eigenvalue weighted by molar-refractivity contribution is 6.61. The number of nitrogens with one attached hydrogen (secondary N) is 1. The summed E-state index contributed by atoms with van der Waals surface area (Å²) in [4.78, 5) is 26.7. The molecular weight excluding hydrogens is 410 g/mol. The molecule has 6 nitrogen and oxygen atoms in total. The molecule has 1 aliphatic rings. The van der Waals surface area contributed by atoms with E-state index in [1.165, 1.54) is 17.1 Å². The first-order valence-corrected chi connectivity index (χ1v) is 10.8. The number of rotatable bonds is 4. The number of hydrazine groups is 1. The molecule has 1 atom stereocenters. The summed E-state index contributed by atoms with van der Waals surface area (Å²) < 4.78 is 20.1. The Morgan fingerprint density at radius 1 is 1.22 bits per heavy atom. The monoisotopic (exact) mass is 440 g/mol. The fourth-order valence-electron chi connectivity index (χ4n) is 4.30. The Hall–Kier alpha value is -2.71. The fourth-order valence-corrected chi connectivity index (χ4v) is 4.30. The van der Waals surface area contributed by atoms with Crippen LogP contribution in [-0.4, -0.2) is 35.0 Å². The van der Waals surface area contributed by atoms with E-state index in [0.717, 1.165) is 11.1 Å². The van der Waals surface area contributed by atoms with Crippen LogP contribution in [0.2, 0.25) is 0 Å². The Bertz CT molecular complexity index is 1030. The van der Waals surface area contributed by atoms with Crippen molar-refractivity contribution in [2.75, 3.05) is 0 Å². The second-order valence-corrected chi connectivity index (χ2v) is 9.44. The summed E-state index contributed by atoms with van der Waals surface area (Å²) >= 11 is 0. The van der Waals surface area contributed by atoms with Crippen LogP contribution in [0.1, 0.15) is 71.5 Å². The van der Waals surface area contributed by atoms with Gasteiger partial charge in [-0.05, 0) is 49.3 Å². The molecule has 1 aliphatic heterocycles. The third-order valence-corrected chi connectivity index (χ3v) is 5.78. The number of amides is 2. The summed E-state index contributed by atoms with van der Waals surface area (Å²) in [5.41, 5.74) is 4.92. The van der Waals surface area contributed by atoms with Crippen molar-refractivity contribution < 1.29 is 23.7 Å². The van der Waals surface area contributed by atoms with Gasteiger partial charge in [0.05, 0.1) is 18.2 Å². The van der Waals surface area contributed by atoms with Gasteiger partial charge in [0.15, 0.2) is 0 Å². The first kappa shape index (κ1) is 23.9. The van der Waals surface area contributed by atoms with Gasteiger partial charge in [-0.1, -0.05) is 51.0 Å².